The van der Waals surface area contributed by atoms with E-state index in [2.05, 4.69) is 0 Å². The van der Waals surface area contributed by atoms with Crippen LogP contribution in [0.2, 0.25) is 0 Å². The smallest absolute Gasteiger partial charge is 0.432 e. The van der Waals surface area contributed by atoms with Gasteiger partial charge in [-0.25, -0.2) is 14.6 Å². The van der Waals surface area contributed by atoms with Gasteiger partial charge in [-0.2, -0.15) is 0 Å². The van der Waals surface area contributed by atoms with E-state index in [9.17, 15) is 9.59 Å². The fraction of sp³-hybridized carbons (Fsp3) is 0.667. The van der Waals surface area contributed by atoms with Crippen molar-refractivity contribution in [3.05, 3.63) is 0 Å². The van der Waals surface area contributed by atoms with E-state index in [0.717, 1.165) is 0 Å². The molecule has 0 aliphatic carbocycles. The summed E-state index contributed by atoms with van der Waals surface area (Å²) >= 11 is 0. The van der Waals surface area contributed by atoms with Crippen molar-refractivity contribution < 1.29 is 19.8 Å². The molecular formula is C6H12N2O4. The maximum absolute atomic E-state index is 10.4. The van der Waals surface area contributed by atoms with Crippen LogP contribution in [0.3, 0.4) is 0 Å². The molecule has 0 radical (unpaired) electrons. The molecule has 70 valence electrons. The number of hydrogen-bond donors (Lipinski definition) is 2. The molecule has 0 bridgehead atoms. The molecule has 0 rings (SSSR count). The summed E-state index contributed by atoms with van der Waals surface area (Å²) in [6, 6.07) is 0. The summed E-state index contributed by atoms with van der Waals surface area (Å²) in [5.74, 6) is 0. The molecule has 0 heterocycles. The largest absolute Gasteiger partial charge is 0.464 e. The molecule has 0 aliphatic rings. The molecule has 0 fully saturated rings. The Kier molecular flexibility index (Phi) is 4.06. The van der Waals surface area contributed by atoms with Crippen LogP contribution in [0.25, 0.3) is 0 Å². The first kappa shape index (κ1) is 10.7. The molecule has 0 atom stereocenters. The molecule has 2 amide bonds. The average Bonchev–Trinajstić information content (AvgIpc) is 1.98. The van der Waals surface area contributed by atoms with E-state index in [-0.39, 0.29) is 5.01 Å². The van der Waals surface area contributed by atoms with Gasteiger partial charge in [0.2, 0.25) is 0 Å². The lowest BCUT2D eigenvalue weighted by atomic mass is 10.6. The molecule has 0 aromatic rings. The molecule has 0 aliphatic heterocycles. The second-order valence-corrected chi connectivity index (χ2v) is 2.02. The predicted molar refractivity (Wildman–Crippen MR) is 40.8 cm³/mol. The number of hydrogen-bond acceptors (Lipinski definition) is 3. The predicted octanol–water partition coefficient (Wildman–Crippen LogP) is 0.901. The van der Waals surface area contributed by atoms with E-state index in [1.807, 2.05) is 0 Å². The highest BCUT2D eigenvalue weighted by Crippen LogP contribution is 1.98. The van der Waals surface area contributed by atoms with E-state index in [1.165, 1.54) is 5.01 Å². The van der Waals surface area contributed by atoms with Crippen molar-refractivity contribution in [2.45, 2.75) is 13.8 Å². The lowest BCUT2D eigenvalue weighted by molar-refractivity contribution is 0.00884. The first-order chi connectivity index (χ1) is 5.54. The third-order valence-electron chi connectivity index (χ3n) is 1.38. The minimum absolute atomic E-state index is 0.278. The fourth-order valence-corrected chi connectivity index (χ4v) is 0.830. The number of imide groups is 1. The van der Waals surface area contributed by atoms with Gasteiger partial charge >= 0.3 is 12.2 Å². The van der Waals surface area contributed by atoms with Gasteiger partial charge in [-0.15, -0.1) is 5.01 Å². The number of carbonyl (C=O) groups is 2. The van der Waals surface area contributed by atoms with Crippen molar-refractivity contribution in [1.29, 1.82) is 0 Å². The van der Waals surface area contributed by atoms with Crippen molar-refractivity contribution >= 4 is 12.2 Å². The Bertz CT molecular complexity index is 164. The Balaban J connectivity index is 4.47. The maximum Gasteiger partial charge on any atom is 0.432 e. The molecule has 0 aromatic heterocycles. The maximum atomic E-state index is 10.4. The summed E-state index contributed by atoms with van der Waals surface area (Å²) < 4.78 is 0. The van der Waals surface area contributed by atoms with Gasteiger partial charge in [-0.1, -0.05) is 13.8 Å². The monoisotopic (exact) mass is 176 g/mol. The Morgan fingerprint density at radius 2 is 1.42 bits per heavy atom. The second kappa shape index (κ2) is 4.55. The molecule has 6 nitrogen and oxygen atoms in total. The molecule has 0 aromatic carbocycles. The highest BCUT2D eigenvalue weighted by Gasteiger charge is 2.24. The van der Waals surface area contributed by atoms with Crippen molar-refractivity contribution in [1.82, 2.24) is 10.0 Å². The van der Waals surface area contributed by atoms with Crippen LogP contribution in [0.4, 0.5) is 9.59 Å². The first-order valence-electron chi connectivity index (χ1n) is 3.55. The highest BCUT2D eigenvalue weighted by molar-refractivity contribution is 5.84. The molecule has 12 heavy (non-hydrogen) atoms. The third kappa shape index (κ3) is 2.39. The minimum atomic E-state index is -1.48. The highest BCUT2D eigenvalue weighted by atomic mass is 16.4. The Labute approximate surface area is 70.0 Å². The van der Waals surface area contributed by atoms with Crippen LogP contribution in [-0.4, -0.2) is 45.5 Å². The van der Waals surface area contributed by atoms with Crippen LogP contribution in [0.5, 0.6) is 0 Å². The molecule has 2 N–H and O–H groups in total. The lowest BCUT2D eigenvalue weighted by Crippen LogP contribution is -2.48. The topological polar surface area (TPSA) is 81.1 Å². The van der Waals surface area contributed by atoms with Gasteiger partial charge in [0, 0.05) is 13.1 Å². The molecule has 6 heteroatoms. The Morgan fingerprint density at radius 1 is 1.08 bits per heavy atom. The third-order valence-corrected chi connectivity index (χ3v) is 1.38. The molecular weight excluding hydrogens is 164 g/mol. The van der Waals surface area contributed by atoms with Crippen LogP contribution >= 0.6 is 0 Å². The van der Waals surface area contributed by atoms with Crippen LogP contribution in [-0.2, 0) is 0 Å². The summed E-state index contributed by atoms with van der Waals surface area (Å²) in [5.41, 5.74) is 0. The Hall–Kier alpha value is -1.30. The lowest BCUT2D eigenvalue weighted by Gasteiger charge is -2.25. The van der Waals surface area contributed by atoms with E-state index >= 15 is 0 Å². The summed E-state index contributed by atoms with van der Waals surface area (Å²) in [6.45, 7) is 4.05. The quantitative estimate of drug-likeness (QED) is 0.624. The summed E-state index contributed by atoms with van der Waals surface area (Å²) in [5, 5.41) is 18.4. The van der Waals surface area contributed by atoms with Crippen molar-refractivity contribution in [2.24, 2.45) is 0 Å². The zero-order chi connectivity index (χ0) is 9.72. The molecule has 0 saturated carbocycles. The van der Waals surface area contributed by atoms with E-state index in [1.54, 1.807) is 13.8 Å². The number of carboxylic acid groups (broad SMARTS) is 2. The summed E-state index contributed by atoms with van der Waals surface area (Å²) in [7, 11) is 0. The van der Waals surface area contributed by atoms with E-state index in [0.29, 0.717) is 13.1 Å². The summed E-state index contributed by atoms with van der Waals surface area (Å²) in [6.07, 6.45) is -2.96. The number of hydrazine groups is 1. The van der Waals surface area contributed by atoms with Gasteiger partial charge in [0.15, 0.2) is 0 Å². The van der Waals surface area contributed by atoms with E-state index in [4.69, 9.17) is 10.2 Å². The average molecular weight is 176 g/mol. The number of rotatable bonds is 3. The van der Waals surface area contributed by atoms with Gasteiger partial charge in [0.25, 0.3) is 0 Å². The van der Waals surface area contributed by atoms with Crippen LogP contribution in [0.15, 0.2) is 0 Å². The van der Waals surface area contributed by atoms with Crippen molar-refractivity contribution in [2.75, 3.05) is 13.1 Å². The van der Waals surface area contributed by atoms with E-state index < -0.39 is 12.2 Å². The van der Waals surface area contributed by atoms with Gasteiger partial charge in [0.05, 0.1) is 0 Å². The van der Waals surface area contributed by atoms with Gasteiger partial charge < -0.3 is 10.2 Å². The molecule has 0 unspecified atom stereocenters. The molecule has 0 saturated heterocycles. The zero-order valence-corrected chi connectivity index (χ0v) is 7.02. The van der Waals surface area contributed by atoms with Crippen LogP contribution in [0, 0.1) is 0 Å². The Morgan fingerprint density at radius 3 is 1.50 bits per heavy atom. The normalized spacial score (nSPS) is 9.92. The van der Waals surface area contributed by atoms with Crippen molar-refractivity contribution in [3.63, 3.8) is 0 Å². The van der Waals surface area contributed by atoms with Crippen LogP contribution < -0.4 is 0 Å². The fourth-order valence-electron chi connectivity index (χ4n) is 0.830. The SMILES string of the molecule is CCN(CC)N(C(=O)O)C(=O)O. The van der Waals surface area contributed by atoms with Crippen molar-refractivity contribution in [3.8, 4) is 0 Å². The number of nitrogens with zero attached hydrogens (tertiary/aromatic N) is 2. The summed E-state index contributed by atoms with van der Waals surface area (Å²) in [4.78, 5) is 20.8. The van der Waals surface area contributed by atoms with Crippen LogP contribution in [0.1, 0.15) is 13.8 Å². The zero-order valence-electron chi connectivity index (χ0n) is 7.02. The molecule has 0 spiro atoms. The number of amides is 2. The second-order valence-electron chi connectivity index (χ2n) is 2.02. The minimum Gasteiger partial charge on any atom is -0.464 e. The van der Waals surface area contributed by atoms with Gasteiger partial charge in [0.1, 0.15) is 0 Å². The standard InChI is InChI=1S/C6H12N2O4/c1-3-7(4-2)8(5(9)10)6(11)12/h3-4H2,1-2H3,(H,9,10)(H,11,12). The van der Waals surface area contributed by atoms with Gasteiger partial charge in [-0.3, -0.25) is 0 Å². The van der Waals surface area contributed by atoms with Gasteiger partial charge in [-0.05, 0) is 0 Å². The first-order valence-corrected chi connectivity index (χ1v) is 3.55.